The summed E-state index contributed by atoms with van der Waals surface area (Å²) < 4.78 is 0. The molecular formula is C15H26N4. The van der Waals surface area contributed by atoms with E-state index in [1.165, 1.54) is 6.42 Å². The van der Waals surface area contributed by atoms with Crippen molar-refractivity contribution in [3.8, 4) is 0 Å². The van der Waals surface area contributed by atoms with Gasteiger partial charge in [0.05, 0.1) is 0 Å². The zero-order valence-electron chi connectivity index (χ0n) is 12.3. The van der Waals surface area contributed by atoms with Gasteiger partial charge in [-0.1, -0.05) is 19.9 Å². The summed E-state index contributed by atoms with van der Waals surface area (Å²) in [6.45, 7) is 10.9. The highest BCUT2D eigenvalue weighted by atomic mass is 15.3. The van der Waals surface area contributed by atoms with E-state index < -0.39 is 0 Å². The van der Waals surface area contributed by atoms with Gasteiger partial charge in [0, 0.05) is 31.4 Å². The highest BCUT2D eigenvalue weighted by molar-refractivity contribution is 5.41. The van der Waals surface area contributed by atoms with Gasteiger partial charge in [0.1, 0.15) is 5.82 Å². The van der Waals surface area contributed by atoms with Crippen LogP contribution < -0.4 is 10.6 Å². The molecule has 2 rings (SSSR count). The summed E-state index contributed by atoms with van der Waals surface area (Å²) in [6, 6.07) is 4.93. The first-order chi connectivity index (χ1) is 9.15. The van der Waals surface area contributed by atoms with Gasteiger partial charge in [-0.25, -0.2) is 4.98 Å². The van der Waals surface area contributed by atoms with Crippen LogP contribution in [0.15, 0.2) is 18.3 Å². The minimum Gasteiger partial charge on any atom is -0.355 e. The lowest BCUT2D eigenvalue weighted by Gasteiger charge is -2.26. The topological polar surface area (TPSA) is 45.4 Å². The predicted molar refractivity (Wildman–Crippen MR) is 80.4 cm³/mol. The van der Waals surface area contributed by atoms with Crippen LogP contribution >= 0.6 is 0 Å². The minimum absolute atomic E-state index is 0.0588. The highest BCUT2D eigenvalue weighted by Crippen LogP contribution is 2.22. The summed E-state index contributed by atoms with van der Waals surface area (Å²) in [5.74, 6) is 1.08. The van der Waals surface area contributed by atoms with Crippen LogP contribution in [0.3, 0.4) is 0 Å². The first-order valence-electron chi connectivity index (χ1n) is 7.36. The van der Waals surface area contributed by atoms with Crippen LogP contribution in [0.25, 0.3) is 0 Å². The monoisotopic (exact) mass is 262 g/mol. The molecule has 0 aliphatic carbocycles. The van der Waals surface area contributed by atoms with Crippen LogP contribution in [-0.4, -0.2) is 42.1 Å². The SMILES string of the molecule is CCN(CC)C1CCN(c2ccc([C@@H](C)N)cn2)C1. The molecule has 1 aromatic rings. The van der Waals surface area contributed by atoms with E-state index in [-0.39, 0.29) is 6.04 Å². The van der Waals surface area contributed by atoms with E-state index in [9.17, 15) is 0 Å². The van der Waals surface area contributed by atoms with Gasteiger partial charge in [-0.15, -0.1) is 0 Å². The smallest absolute Gasteiger partial charge is 0.128 e. The Labute approximate surface area is 116 Å². The second-order valence-corrected chi connectivity index (χ2v) is 5.35. The zero-order chi connectivity index (χ0) is 13.8. The average Bonchev–Trinajstić information content (AvgIpc) is 2.90. The second kappa shape index (κ2) is 6.35. The summed E-state index contributed by atoms with van der Waals surface area (Å²) in [4.78, 5) is 9.48. The first-order valence-corrected chi connectivity index (χ1v) is 7.36. The number of likely N-dealkylation sites (N-methyl/N-ethyl adjacent to an activating group) is 1. The molecule has 0 aromatic carbocycles. The lowest BCUT2D eigenvalue weighted by molar-refractivity contribution is 0.232. The Morgan fingerprint density at radius 2 is 2.16 bits per heavy atom. The molecule has 2 N–H and O–H groups in total. The lowest BCUT2D eigenvalue weighted by Crippen LogP contribution is -2.37. The molecule has 2 heterocycles. The molecule has 0 amide bonds. The highest BCUT2D eigenvalue weighted by Gasteiger charge is 2.26. The summed E-state index contributed by atoms with van der Waals surface area (Å²) in [5, 5.41) is 0. The molecule has 1 fully saturated rings. The van der Waals surface area contributed by atoms with Crippen LogP contribution in [0.2, 0.25) is 0 Å². The quantitative estimate of drug-likeness (QED) is 0.882. The maximum Gasteiger partial charge on any atom is 0.128 e. The molecule has 2 atom stereocenters. The molecule has 106 valence electrons. The van der Waals surface area contributed by atoms with E-state index in [0.29, 0.717) is 6.04 Å². The third-order valence-electron chi connectivity index (χ3n) is 4.11. The molecule has 0 bridgehead atoms. The Hall–Kier alpha value is -1.13. The van der Waals surface area contributed by atoms with Gasteiger partial charge in [0.15, 0.2) is 0 Å². The van der Waals surface area contributed by atoms with Crippen molar-refractivity contribution in [2.24, 2.45) is 5.73 Å². The molecule has 1 unspecified atom stereocenters. The summed E-state index contributed by atoms with van der Waals surface area (Å²) in [7, 11) is 0. The van der Waals surface area contributed by atoms with Crippen LogP contribution in [0.4, 0.5) is 5.82 Å². The van der Waals surface area contributed by atoms with E-state index in [0.717, 1.165) is 37.6 Å². The number of hydrogen-bond acceptors (Lipinski definition) is 4. The molecule has 4 nitrogen and oxygen atoms in total. The number of rotatable bonds is 5. The number of anilines is 1. The van der Waals surface area contributed by atoms with Crippen molar-refractivity contribution in [2.45, 2.75) is 39.3 Å². The zero-order valence-corrected chi connectivity index (χ0v) is 12.3. The van der Waals surface area contributed by atoms with E-state index in [1.54, 1.807) is 0 Å². The molecule has 4 heteroatoms. The van der Waals surface area contributed by atoms with Crippen molar-refractivity contribution in [2.75, 3.05) is 31.1 Å². The van der Waals surface area contributed by atoms with Crippen LogP contribution in [-0.2, 0) is 0 Å². The van der Waals surface area contributed by atoms with Crippen LogP contribution in [0.1, 0.15) is 38.8 Å². The van der Waals surface area contributed by atoms with Gasteiger partial charge in [-0.2, -0.15) is 0 Å². The van der Waals surface area contributed by atoms with E-state index in [2.05, 4.69) is 40.8 Å². The van der Waals surface area contributed by atoms with Crippen molar-refractivity contribution in [3.05, 3.63) is 23.9 Å². The van der Waals surface area contributed by atoms with Gasteiger partial charge < -0.3 is 10.6 Å². The van der Waals surface area contributed by atoms with Crippen LogP contribution in [0, 0.1) is 0 Å². The Bertz CT molecular complexity index is 384. The summed E-state index contributed by atoms with van der Waals surface area (Å²) in [6.07, 6.45) is 3.14. The fourth-order valence-electron chi connectivity index (χ4n) is 2.84. The van der Waals surface area contributed by atoms with Gasteiger partial charge in [-0.05, 0) is 38.1 Å². The van der Waals surface area contributed by atoms with E-state index in [1.807, 2.05) is 13.1 Å². The second-order valence-electron chi connectivity index (χ2n) is 5.35. The first kappa shape index (κ1) is 14.3. The fraction of sp³-hybridized carbons (Fsp3) is 0.667. The Kier molecular flexibility index (Phi) is 4.77. The Balaban J connectivity index is 2.00. The van der Waals surface area contributed by atoms with Gasteiger partial charge >= 0.3 is 0 Å². The molecule has 19 heavy (non-hydrogen) atoms. The third kappa shape index (κ3) is 3.25. The van der Waals surface area contributed by atoms with E-state index in [4.69, 9.17) is 5.73 Å². The van der Waals surface area contributed by atoms with Crippen molar-refractivity contribution < 1.29 is 0 Å². The number of aromatic nitrogens is 1. The Morgan fingerprint density at radius 1 is 1.42 bits per heavy atom. The molecule has 1 aliphatic heterocycles. The maximum atomic E-state index is 5.85. The van der Waals surface area contributed by atoms with Gasteiger partial charge in [-0.3, -0.25) is 4.90 Å². The molecule has 1 aromatic heterocycles. The van der Waals surface area contributed by atoms with Gasteiger partial charge in [0.25, 0.3) is 0 Å². The summed E-state index contributed by atoms with van der Waals surface area (Å²) >= 11 is 0. The van der Waals surface area contributed by atoms with Crippen LogP contribution in [0.5, 0.6) is 0 Å². The molecular weight excluding hydrogens is 236 g/mol. The average molecular weight is 262 g/mol. The number of hydrogen-bond donors (Lipinski definition) is 1. The Morgan fingerprint density at radius 3 is 2.68 bits per heavy atom. The summed E-state index contributed by atoms with van der Waals surface area (Å²) in [5.41, 5.74) is 6.96. The van der Waals surface area contributed by atoms with E-state index >= 15 is 0 Å². The van der Waals surface area contributed by atoms with Crippen molar-refractivity contribution >= 4 is 5.82 Å². The van der Waals surface area contributed by atoms with Gasteiger partial charge in [0.2, 0.25) is 0 Å². The van der Waals surface area contributed by atoms with Crippen molar-refractivity contribution in [1.82, 2.24) is 9.88 Å². The molecule has 0 spiro atoms. The van der Waals surface area contributed by atoms with Crippen molar-refractivity contribution in [1.29, 1.82) is 0 Å². The number of nitrogens with zero attached hydrogens (tertiary/aromatic N) is 3. The standard InChI is InChI=1S/C15H26N4/c1-4-18(5-2)14-8-9-19(11-14)15-7-6-13(10-17-15)12(3)16/h6-7,10,12,14H,4-5,8-9,11,16H2,1-3H3/t12-,14?/m1/s1. The molecule has 1 saturated heterocycles. The van der Waals surface area contributed by atoms with Crippen molar-refractivity contribution in [3.63, 3.8) is 0 Å². The maximum absolute atomic E-state index is 5.85. The fourth-order valence-corrected chi connectivity index (χ4v) is 2.84. The minimum atomic E-state index is 0.0588. The number of nitrogens with two attached hydrogens (primary N) is 1. The molecule has 0 saturated carbocycles. The molecule has 0 radical (unpaired) electrons. The lowest BCUT2D eigenvalue weighted by atomic mass is 10.1. The third-order valence-corrected chi connectivity index (χ3v) is 4.11. The largest absolute Gasteiger partial charge is 0.355 e. The predicted octanol–water partition coefficient (Wildman–Crippen LogP) is 2.02. The molecule has 1 aliphatic rings. The number of pyridine rings is 1. The normalized spacial score (nSPS) is 21.1.